The second kappa shape index (κ2) is 6.98. The fourth-order valence-electron chi connectivity index (χ4n) is 4.55. The third kappa shape index (κ3) is 3.00. The molecule has 7 aromatic rings. The highest BCUT2D eigenvalue weighted by Gasteiger charge is 2.13. The topological polar surface area (TPSA) is 38.3 Å². The zero-order valence-electron chi connectivity index (χ0n) is 18.1. The van der Waals surface area contributed by atoms with Gasteiger partial charge in [-0.05, 0) is 93.8 Å². The molecule has 160 valence electrons. The SMILES string of the molecule is CNc1ccc(-c2cc3cc4ccc5cc6cc(-c7ccc(C)o7)sc6cc5c4cc3s2)o1. The van der Waals surface area contributed by atoms with Crippen molar-refractivity contribution >= 4 is 70.3 Å². The Labute approximate surface area is 197 Å². The van der Waals surface area contributed by atoms with Crippen LogP contribution in [0.15, 0.2) is 81.6 Å². The van der Waals surface area contributed by atoms with Crippen molar-refractivity contribution < 1.29 is 8.83 Å². The Kier molecular flexibility index (Phi) is 4.01. The number of rotatable bonds is 3. The molecule has 4 heterocycles. The molecule has 7 rings (SSSR count). The number of benzene rings is 3. The van der Waals surface area contributed by atoms with Crippen LogP contribution in [-0.2, 0) is 0 Å². The Morgan fingerprint density at radius 3 is 1.70 bits per heavy atom. The predicted molar refractivity (Wildman–Crippen MR) is 142 cm³/mol. The largest absolute Gasteiger partial charge is 0.461 e. The van der Waals surface area contributed by atoms with Gasteiger partial charge < -0.3 is 14.2 Å². The van der Waals surface area contributed by atoms with E-state index >= 15 is 0 Å². The van der Waals surface area contributed by atoms with Crippen LogP contribution in [0.5, 0.6) is 0 Å². The molecule has 33 heavy (non-hydrogen) atoms. The number of nitrogens with one attached hydrogen (secondary N) is 1. The van der Waals surface area contributed by atoms with Crippen molar-refractivity contribution in [1.82, 2.24) is 0 Å². The van der Waals surface area contributed by atoms with Gasteiger partial charge in [-0.15, -0.1) is 22.7 Å². The van der Waals surface area contributed by atoms with Crippen LogP contribution in [0.2, 0.25) is 0 Å². The average molecular weight is 466 g/mol. The van der Waals surface area contributed by atoms with E-state index in [1.165, 1.54) is 46.6 Å². The molecule has 0 fully saturated rings. The summed E-state index contributed by atoms with van der Waals surface area (Å²) in [4.78, 5) is 2.31. The molecule has 4 aromatic heterocycles. The van der Waals surface area contributed by atoms with Crippen molar-refractivity contribution in [3.8, 4) is 21.3 Å². The molecule has 5 heteroatoms. The third-order valence-electron chi connectivity index (χ3n) is 6.19. The highest BCUT2D eigenvalue weighted by molar-refractivity contribution is 7.22. The number of thiophene rings is 2. The van der Waals surface area contributed by atoms with Gasteiger partial charge in [-0.1, -0.05) is 12.1 Å². The fraction of sp³-hybridized carbons (Fsp3) is 0.0714. The smallest absolute Gasteiger partial charge is 0.193 e. The third-order valence-corrected chi connectivity index (χ3v) is 8.41. The lowest BCUT2D eigenvalue weighted by Crippen LogP contribution is -1.81. The molecule has 0 amide bonds. The number of fused-ring (bicyclic) bond motifs is 5. The second-order valence-electron chi connectivity index (χ2n) is 8.33. The van der Waals surface area contributed by atoms with Crippen LogP contribution in [0.1, 0.15) is 5.76 Å². The van der Waals surface area contributed by atoms with E-state index in [2.05, 4.69) is 59.9 Å². The lowest BCUT2D eigenvalue weighted by atomic mass is 10.00. The lowest BCUT2D eigenvalue weighted by molar-refractivity contribution is 0.549. The Bertz CT molecular complexity index is 1830. The Balaban J connectivity index is 1.42. The van der Waals surface area contributed by atoms with E-state index in [9.17, 15) is 0 Å². The van der Waals surface area contributed by atoms with Crippen molar-refractivity contribution in [2.45, 2.75) is 6.92 Å². The molecule has 0 radical (unpaired) electrons. The predicted octanol–water partition coefficient (Wildman–Crippen LogP) is 9.29. The average Bonchev–Trinajstić information content (AvgIpc) is 3.60. The number of hydrogen-bond acceptors (Lipinski definition) is 5. The van der Waals surface area contributed by atoms with Gasteiger partial charge in [0.25, 0.3) is 0 Å². The molecule has 3 nitrogen and oxygen atoms in total. The summed E-state index contributed by atoms with van der Waals surface area (Å²) in [5.41, 5.74) is 0. The standard InChI is InChI=1S/C28H19NO2S2/c1-15-3-6-22(30-15)26-11-18-9-16-4-5-17-10-19-12-27(23-7-8-28(29-2)31-23)33-25(19)14-21(17)20(16)13-24(18)32-26/h3-14,29H,1-2H3. The van der Waals surface area contributed by atoms with Crippen LogP contribution < -0.4 is 5.32 Å². The lowest BCUT2D eigenvalue weighted by Gasteiger charge is -2.05. The summed E-state index contributed by atoms with van der Waals surface area (Å²) < 4.78 is 14.3. The van der Waals surface area contributed by atoms with E-state index in [1.807, 2.05) is 32.2 Å². The maximum atomic E-state index is 5.90. The van der Waals surface area contributed by atoms with Crippen molar-refractivity contribution in [3.63, 3.8) is 0 Å². The minimum Gasteiger partial charge on any atom is -0.461 e. The van der Waals surface area contributed by atoms with E-state index in [-0.39, 0.29) is 0 Å². The van der Waals surface area contributed by atoms with E-state index in [1.54, 1.807) is 22.7 Å². The summed E-state index contributed by atoms with van der Waals surface area (Å²) in [7, 11) is 1.87. The molecule has 0 spiro atoms. The molecule has 0 bridgehead atoms. The summed E-state index contributed by atoms with van der Waals surface area (Å²) in [5, 5.41) is 10.7. The normalized spacial score (nSPS) is 11.9. The van der Waals surface area contributed by atoms with Gasteiger partial charge in [0.1, 0.15) is 17.3 Å². The van der Waals surface area contributed by atoms with Crippen LogP contribution >= 0.6 is 22.7 Å². The van der Waals surface area contributed by atoms with Crippen molar-refractivity contribution in [2.75, 3.05) is 12.4 Å². The van der Waals surface area contributed by atoms with Gasteiger partial charge in [0.15, 0.2) is 5.88 Å². The van der Waals surface area contributed by atoms with Gasteiger partial charge >= 0.3 is 0 Å². The van der Waals surface area contributed by atoms with E-state index in [0.29, 0.717) is 0 Å². The number of aryl methyl sites for hydroxylation is 1. The van der Waals surface area contributed by atoms with Crippen LogP contribution in [0.3, 0.4) is 0 Å². The molecule has 3 aromatic carbocycles. The molecule has 0 aliphatic rings. The van der Waals surface area contributed by atoms with Gasteiger partial charge in [-0.3, -0.25) is 0 Å². The number of furan rings is 2. The molecule has 0 saturated carbocycles. The first-order valence-electron chi connectivity index (χ1n) is 10.8. The Morgan fingerprint density at radius 2 is 1.18 bits per heavy atom. The molecule has 0 saturated heterocycles. The van der Waals surface area contributed by atoms with E-state index < -0.39 is 0 Å². The first-order chi connectivity index (χ1) is 16.1. The monoisotopic (exact) mass is 465 g/mol. The minimum absolute atomic E-state index is 0.780. The summed E-state index contributed by atoms with van der Waals surface area (Å²) >= 11 is 3.56. The van der Waals surface area contributed by atoms with Gasteiger partial charge in [-0.2, -0.15) is 0 Å². The van der Waals surface area contributed by atoms with Crippen LogP contribution in [0.4, 0.5) is 5.88 Å². The molecule has 0 unspecified atom stereocenters. The maximum absolute atomic E-state index is 5.90. The number of hydrogen-bond donors (Lipinski definition) is 1. The van der Waals surface area contributed by atoms with Crippen LogP contribution in [0.25, 0.3) is 63.0 Å². The van der Waals surface area contributed by atoms with E-state index in [0.717, 1.165) is 28.0 Å². The van der Waals surface area contributed by atoms with Gasteiger partial charge in [0.05, 0.1) is 9.75 Å². The molecule has 0 atom stereocenters. The van der Waals surface area contributed by atoms with Gasteiger partial charge in [0, 0.05) is 22.5 Å². The summed E-state index contributed by atoms with van der Waals surface area (Å²) in [5.74, 6) is 3.56. The first-order valence-corrected chi connectivity index (χ1v) is 12.5. The molecule has 0 aliphatic heterocycles. The number of anilines is 1. The second-order valence-corrected chi connectivity index (χ2v) is 10.5. The first kappa shape index (κ1) is 19.0. The van der Waals surface area contributed by atoms with Gasteiger partial charge in [0.2, 0.25) is 0 Å². The Hall–Kier alpha value is -3.54. The molecule has 0 aliphatic carbocycles. The van der Waals surface area contributed by atoms with Crippen molar-refractivity contribution in [3.05, 3.63) is 78.6 Å². The van der Waals surface area contributed by atoms with E-state index in [4.69, 9.17) is 8.83 Å². The molecular weight excluding hydrogens is 446 g/mol. The Morgan fingerprint density at radius 1 is 0.606 bits per heavy atom. The van der Waals surface area contributed by atoms with Crippen LogP contribution in [0, 0.1) is 6.92 Å². The summed E-state index contributed by atoms with van der Waals surface area (Å²) in [6, 6.07) is 26.3. The summed E-state index contributed by atoms with van der Waals surface area (Å²) in [6.45, 7) is 1.99. The highest BCUT2D eigenvalue weighted by atomic mass is 32.1. The minimum atomic E-state index is 0.780. The quantitative estimate of drug-likeness (QED) is 0.264. The van der Waals surface area contributed by atoms with Crippen LogP contribution in [-0.4, -0.2) is 7.05 Å². The fourth-order valence-corrected chi connectivity index (χ4v) is 6.64. The molecular formula is C28H19NO2S2. The van der Waals surface area contributed by atoms with Crippen molar-refractivity contribution in [2.24, 2.45) is 0 Å². The van der Waals surface area contributed by atoms with Gasteiger partial charge in [-0.25, -0.2) is 0 Å². The summed E-state index contributed by atoms with van der Waals surface area (Å²) in [6.07, 6.45) is 0. The highest BCUT2D eigenvalue weighted by Crippen LogP contribution is 2.41. The zero-order valence-corrected chi connectivity index (χ0v) is 19.7. The molecule has 1 N–H and O–H groups in total. The maximum Gasteiger partial charge on any atom is 0.193 e. The zero-order chi connectivity index (χ0) is 22.1. The van der Waals surface area contributed by atoms with Crippen molar-refractivity contribution in [1.29, 1.82) is 0 Å².